The molecule has 4 rings (SSSR count). The molecule has 2 aromatic rings. The zero-order chi connectivity index (χ0) is 24.0. The van der Waals surface area contributed by atoms with Crippen molar-refractivity contribution in [3.63, 3.8) is 0 Å². The van der Waals surface area contributed by atoms with E-state index in [1.807, 2.05) is 19.1 Å². The Labute approximate surface area is 194 Å². The molecular formula is C23H31N5O4S. The summed E-state index contributed by atoms with van der Waals surface area (Å²) in [4.78, 5) is 23.6. The van der Waals surface area contributed by atoms with Crippen LogP contribution in [0, 0.1) is 0 Å². The molecule has 2 atom stereocenters. The van der Waals surface area contributed by atoms with E-state index in [0.717, 1.165) is 5.56 Å². The van der Waals surface area contributed by atoms with E-state index in [4.69, 9.17) is 14.7 Å². The van der Waals surface area contributed by atoms with E-state index in [1.54, 1.807) is 32.9 Å². The quantitative estimate of drug-likeness (QED) is 0.701. The van der Waals surface area contributed by atoms with Crippen molar-refractivity contribution in [2.45, 2.75) is 50.7 Å². The van der Waals surface area contributed by atoms with Crippen molar-refractivity contribution >= 4 is 27.4 Å². The van der Waals surface area contributed by atoms with Gasteiger partial charge in [-0.2, -0.15) is 0 Å². The number of nitrogens with one attached hydrogen (secondary N) is 2. The molecule has 0 bridgehead atoms. The Hall–Kier alpha value is -2.72. The third-order valence-electron chi connectivity index (χ3n) is 6.46. The molecule has 1 aromatic heterocycles. The average molecular weight is 474 g/mol. The summed E-state index contributed by atoms with van der Waals surface area (Å²) in [6.07, 6.45) is 0. The lowest BCUT2D eigenvalue weighted by molar-refractivity contribution is 0.0984. The van der Waals surface area contributed by atoms with Crippen molar-refractivity contribution in [1.82, 2.24) is 15.3 Å². The van der Waals surface area contributed by atoms with Crippen molar-refractivity contribution in [3.8, 4) is 11.4 Å². The summed E-state index contributed by atoms with van der Waals surface area (Å²) in [5.41, 5.74) is 2.63. The first-order valence-electron chi connectivity index (χ1n) is 11.2. The SMILES string of the molecule is CCNC(=O)Nc1ccc(-c2nc(N3CCOC[C@@H]3C)c3c(n2)C(C)(C)S(=O)(=O)C3C)cc1. The Morgan fingerprint density at radius 3 is 2.55 bits per heavy atom. The highest BCUT2D eigenvalue weighted by molar-refractivity contribution is 7.92. The van der Waals surface area contributed by atoms with Gasteiger partial charge in [0.1, 0.15) is 10.6 Å². The second-order valence-corrected chi connectivity index (χ2v) is 11.8. The number of rotatable bonds is 4. The number of benzene rings is 1. The molecule has 9 nitrogen and oxygen atoms in total. The van der Waals surface area contributed by atoms with Gasteiger partial charge < -0.3 is 20.3 Å². The molecule has 10 heteroatoms. The summed E-state index contributed by atoms with van der Waals surface area (Å²) >= 11 is 0. The average Bonchev–Trinajstić information content (AvgIpc) is 2.91. The number of urea groups is 1. The van der Waals surface area contributed by atoms with Gasteiger partial charge in [0.2, 0.25) is 0 Å². The number of aromatic nitrogens is 2. The standard InChI is InChI=1S/C23H31N5O4S/c1-6-24-22(29)25-17-9-7-16(8-10-17)20-26-19-18(15(3)33(30,31)23(19,4)5)21(27-20)28-11-12-32-13-14(28)2/h7-10,14-15H,6,11-13H2,1-5H3,(H2,24,25,29)/t14-,15?/m0/s1. The molecule has 0 spiro atoms. The van der Waals surface area contributed by atoms with Crippen molar-refractivity contribution < 1.29 is 17.9 Å². The molecule has 3 heterocycles. The monoisotopic (exact) mass is 473 g/mol. The van der Waals surface area contributed by atoms with Gasteiger partial charge >= 0.3 is 6.03 Å². The lowest BCUT2D eigenvalue weighted by atomic mass is 10.0. The molecular weight excluding hydrogens is 442 g/mol. The summed E-state index contributed by atoms with van der Waals surface area (Å²) in [5.74, 6) is 1.13. The van der Waals surface area contributed by atoms with Crippen LogP contribution in [0.5, 0.6) is 0 Å². The number of carbonyl (C=O) groups excluding carboxylic acids is 1. The highest BCUT2D eigenvalue weighted by atomic mass is 32.2. The first-order valence-corrected chi connectivity index (χ1v) is 12.8. The lowest BCUT2D eigenvalue weighted by Crippen LogP contribution is -2.44. The summed E-state index contributed by atoms with van der Waals surface area (Å²) in [6.45, 7) is 11.3. The van der Waals surface area contributed by atoms with Crippen LogP contribution in [0.4, 0.5) is 16.3 Å². The minimum absolute atomic E-state index is 0.0628. The number of nitrogens with zero attached hydrogens (tertiary/aromatic N) is 3. The largest absolute Gasteiger partial charge is 0.377 e. The molecule has 1 aromatic carbocycles. The number of hydrogen-bond donors (Lipinski definition) is 2. The summed E-state index contributed by atoms with van der Waals surface area (Å²) in [5, 5.41) is 4.77. The van der Waals surface area contributed by atoms with Crippen LogP contribution < -0.4 is 15.5 Å². The second kappa shape index (κ2) is 8.57. The van der Waals surface area contributed by atoms with E-state index in [2.05, 4.69) is 22.5 Å². The van der Waals surface area contributed by atoms with Gasteiger partial charge in [0.25, 0.3) is 0 Å². The first kappa shape index (κ1) is 23.4. The highest BCUT2D eigenvalue weighted by Gasteiger charge is 2.53. The van der Waals surface area contributed by atoms with Gasteiger partial charge in [-0.1, -0.05) is 0 Å². The van der Waals surface area contributed by atoms with Gasteiger partial charge in [-0.3, -0.25) is 0 Å². The fourth-order valence-corrected chi connectivity index (χ4v) is 6.29. The van der Waals surface area contributed by atoms with Crippen LogP contribution in [0.15, 0.2) is 24.3 Å². The van der Waals surface area contributed by atoms with E-state index in [1.165, 1.54) is 0 Å². The van der Waals surface area contributed by atoms with Crippen LogP contribution in [0.1, 0.15) is 51.1 Å². The van der Waals surface area contributed by atoms with E-state index in [-0.39, 0.29) is 12.1 Å². The van der Waals surface area contributed by atoms with Gasteiger partial charge in [0.05, 0.1) is 30.2 Å². The molecule has 2 aliphatic rings. The zero-order valence-electron chi connectivity index (χ0n) is 19.7. The Bertz CT molecular complexity index is 1160. The normalized spacial score (nSPS) is 23.1. The Morgan fingerprint density at radius 1 is 1.21 bits per heavy atom. The predicted octanol–water partition coefficient (Wildman–Crippen LogP) is 3.23. The van der Waals surface area contributed by atoms with Crippen LogP contribution in [-0.4, -0.2) is 56.8 Å². The Balaban J connectivity index is 1.81. The number of anilines is 2. The van der Waals surface area contributed by atoms with Crippen LogP contribution in [0.25, 0.3) is 11.4 Å². The van der Waals surface area contributed by atoms with E-state index in [0.29, 0.717) is 54.9 Å². The maximum Gasteiger partial charge on any atom is 0.319 e. The number of fused-ring (bicyclic) bond motifs is 1. The molecule has 2 N–H and O–H groups in total. The summed E-state index contributed by atoms with van der Waals surface area (Å²) in [6, 6.07) is 7.01. The topological polar surface area (TPSA) is 114 Å². The van der Waals surface area contributed by atoms with Gasteiger partial charge in [-0.15, -0.1) is 0 Å². The Kier molecular flexibility index (Phi) is 6.09. The second-order valence-electron chi connectivity index (χ2n) is 9.01. The van der Waals surface area contributed by atoms with Crippen molar-refractivity contribution in [3.05, 3.63) is 35.5 Å². The van der Waals surface area contributed by atoms with Gasteiger partial charge in [0, 0.05) is 29.9 Å². The Morgan fingerprint density at radius 2 is 1.91 bits per heavy atom. The molecule has 0 radical (unpaired) electrons. The minimum Gasteiger partial charge on any atom is -0.377 e. The zero-order valence-corrected chi connectivity index (χ0v) is 20.5. The number of sulfone groups is 1. The van der Waals surface area contributed by atoms with E-state index < -0.39 is 19.8 Å². The smallest absolute Gasteiger partial charge is 0.319 e. The third-order valence-corrected chi connectivity index (χ3v) is 9.24. The van der Waals surface area contributed by atoms with Crippen LogP contribution in [0.3, 0.4) is 0 Å². The van der Waals surface area contributed by atoms with E-state index >= 15 is 0 Å². The van der Waals surface area contributed by atoms with Crippen molar-refractivity contribution in [2.24, 2.45) is 0 Å². The molecule has 1 saturated heterocycles. The van der Waals surface area contributed by atoms with Crippen LogP contribution in [-0.2, 0) is 19.3 Å². The van der Waals surface area contributed by atoms with E-state index in [9.17, 15) is 13.2 Å². The fourth-order valence-electron chi connectivity index (χ4n) is 4.45. The predicted molar refractivity (Wildman–Crippen MR) is 128 cm³/mol. The number of ether oxygens (including phenoxy) is 1. The number of morpholine rings is 1. The minimum atomic E-state index is -3.48. The molecule has 2 aliphatic heterocycles. The molecule has 33 heavy (non-hydrogen) atoms. The van der Waals surface area contributed by atoms with Crippen molar-refractivity contribution in [1.29, 1.82) is 0 Å². The van der Waals surface area contributed by atoms with Crippen LogP contribution in [0.2, 0.25) is 0 Å². The van der Waals surface area contributed by atoms with Gasteiger partial charge in [-0.05, 0) is 58.9 Å². The molecule has 1 fully saturated rings. The maximum atomic E-state index is 13.3. The number of carbonyl (C=O) groups is 1. The molecule has 1 unspecified atom stereocenters. The summed E-state index contributed by atoms with van der Waals surface area (Å²) in [7, 11) is -3.48. The van der Waals surface area contributed by atoms with Gasteiger partial charge in [0.15, 0.2) is 15.7 Å². The number of amides is 2. The first-order chi connectivity index (χ1) is 15.6. The molecule has 0 saturated carbocycles. The molecule has 2 amide bonds. The number of hydrogen-bond acceptors (Lipinski definition) is 7. The molecule has 0 aliphatic carbocycles. The third kappa shape index (κ3) is 3.95. The highest BCUT2D eigenvalue weighted by Crippen LogP contribution is 2.51. The molecule has 178 valence electrons. The fraction of sp³-hybridized carbons (Fsp3) is 0.522. The van der Waals surface area contributed by atoms with Crippen molar-refractivity contribution in [2.75, 3.05) is 36.5 Å². The summed E-state index contributed by atoms with van der Waals surface area (Å²) < 4.78 is 31.0. The van der Waals surface area contributed by atoms with Crippen LogP contribution >= 0.6 is 0 Å². The van der Waals surface area contributed by atoms with Gasteiger partial charge in [-0.25, -0.2) is 23.2 Å². The maximum absolute atomic E-state index is 13.3. The lowest BCUT2D eigenvalue weighted by Gasteiger charge is -2.36.